The normalized spacial score (nSPS) is 10.9. The molecule has 0 radical (unpaired) electrons. The van der Waals surface area contributed by atoms with Crippen LogP contribution in [0.3, 0.4) is 0 Å². The van der Waals surface area contributed by atoms with Crippen molar-refractivity contribution < 1.29 is 19.1 Å². The van der Waals surface area contributed by atoms with Crippen molar-refractivity contribution in [2.75, 3.05) is 13.7 Å². The fourth-order valence-electron chi connectivity index (χ4n) is 3.39. The summed E-state index contributed by atoms with van der Waals surface area (Å²) < 4.78 is 10.9. The zero-order valence-electron chi connectivity index (χ0n) is 17.1. The summed E-state index contributed by atoms with van der Waals surface area (Å²) in [5.41, 5.74) is 0.684. The predicted octanol–water partition coefficient (Wildman–Crippen LogP) is 3.86. The van der Waals surface area contributed by atoms with Gasteiger partial charge in [0.2, 0.25) is 5.60 Å². The number of nitrogens with one attached hydrogen (secondary N) is 1. The molecule has 0 saturated heterocycles. The molecule has 0 aliphatic heterocycles. The summed E-state index contributed by atoms with van der Waals surface area (Å²) >= 11 is 0. The molecule has 0 atom stereocenters. The molecule has 0 aromatic heterocycles. The van der Waals surface area contributed by atoms with Crippen LogP contribution in [0.25, 0.3) is 0 Å². The monoisotopic (exact) mass is 403 g/mol. The summed E-state index contributed by atoms with van der Waals surface area (Å²) in [6.45, 7) is 1.71. The summed E-state index contributed by atoms with van der Waals surface area (Å²) in [7, 11) is 1.62. The van der Waals surface area contributed by atoms with Gasteiger partial charge in [0.15, 0.2) is 0 Å². The van der Waals surface area contributed by atoms with E-state index in [-0.39, 0.29) is 5.91 Å². The van der Waals surface area contributed by atoms with Gasteiger partial charge in [0, 0.05) is 24.6 Å². The first-order valence-electron chi connectivity index (χ1n) is 9.78. The van der Waals surface area contributed by atoms with Crippen LogP contribution in [0, 0.1) is 0 Å². The smallest absolute Gasteiger partial charge is 0.304 e. The van der Waals surface area contributed by atoms with E-state index in [1.807, 2.05) is 60.7 Å². The Morgan fingerprint density at radius 1 is 0.833 bits per heavy atom. The van der Waals surface area contributed by atoms with Crippen molar-refractivity contribution in [3.63, 3.8) is 0 Å². The van der Waals surface area contributed by atoms with E-state index in [9.17, 15) is 9.59 Å². The van der Waals surface area contributed by atoms with E-state index < -0.39 is 11.6 Å². The maximum Gasteiger partial charge on any atom is 0.304 e. The predicted molar refractivity (Wildman–Crippen MR) is 115 cm³/mol. The Balaban J connectivity index is 1.88. The minimum atomic E-state index is -1.56. The molecule has 0 fully saturated rings. The molecule has 0 aliphatic rings. The van der Waals surface area contributed by atoms with Crippen molar-refractivity contribution in [3.8, 4) is 5.75 Å². The van der Waals surface area contributed by atoms with E-state index in [0.29, 0.717) is 24.1 Å². The third kappa shape index (κ3) is 4.69. The Labute approximate surface area is 176 Å². The van der Waals surface area contributed by atoms with Crippen molar-refractivity contribution in [2.24, 2.45) is 0 Å². The number of rotatable bonds is 8. The summed E-state index contributed by atoms with van der Waals surface area (Å²) in [5.74, 6) is -0.138. The molecule has 0 spiro atoms. The van der Waals surface area contributed by atoms with Crippen molar-refractivity contribution >= 4 is 11.9 Å². The minimum Gasteiger partial charge on any atom is -0.497 e. The lowest BCUT2D eigenvalue weighted by atomic mass is 9.85. The highest BCUT2D eigenvalue weighted by atomic mass is 16.6. The summed E-state index contributed by atoms with van der Waals surface area (Å²) in [6, 6.07) is 25.8. The Morgan fingerprint density at radius 2 is 1.37 bits per heavy atom. The van der Waals surface area contributed by atoms with Gasteiger partial charge in [0.25, 0.3) is 5.91 Å². The van der Waals surface area contributed by atoms with Gasteiger partial charge < -0.3 is 14.8 Å². The molecule has 0 bridgehead atoms. The topological polar surface area (TPSA) is 64.6 Å². The number of benzene rings is 3. The first-order valence-corrected chi connectivity index (χ1v) is 9.78. The van der Waals surface area contributed by atoms with Gasteiger partial charge in [0.05, 0.1) is 7.11 Å². The molecule has 1 N–H and O–H groups in total. The van der Waals surface area contributed by atoms with Crippen LogP contribution >= 0.6 is 0 Å². The van der Waals surface area contributed by atoms with Crippen LogP contribution in [0.15, 0.2) is 84.9 Å². The molecule has 0 unspecified atom stereocenters. The third-order valence-corrected chi connectivity index (χ3v) is 4.84. The molecule has 154 valence electrons. The molecule has 5 heteroatoms. The molecule has 0 saturated carbocycles. The van der Waals surface area contributed by atoms with Crippen LogP contribution in [-0.2, 0) is 26.3 Å². The van der Waals surface area contributed by atoms with Gasteiger partial charge in [-0.3, -0.25) is 9.59 Å². The third-order valence-electron chi connectivity index (χ3n) is 4.84. The second kappa shape index (κ2) is 9.74. The molecular weight excluding hydrogens is 378 g/mol. The van der Waals surface area contributed by atoms with Crippen molar-refractivity contribution in [3.05, 3.63) is 102 Å². The number of methoxy groups -OCH3 is 1. The molecule has 0 aliphatic carbocycles. The van der Waals surface area contributed by atoms with E-state index in [0.717, 1.165) is 11.3 Å². The quantitative estimate of drug-likeness (QED) is 0.580. The maximum atomic E-state index is 13.5. The molecule has 3 aromatic rings. The average molecular weight is 403 g/mol. The molecule has 3 rings (SSSR count). The molecule has 3 aromatic carbocycles. The highest BCUT2D eigenvalue weighted by Crippen LogP contribution is 2.34. The van der Waals surface area contributed by atoms with Gasteiger partial charge >= 0.3 is 5.97 Å². The van der Waals surface area contributed by atoms with Crippen LogP contribution in [0.4, 0.5) is 0 Å². The summed E-state index contributed by atoms with van der Waals surface area (Å²) in [4.78, 5) is 25.5. The van der Waals surface area contributed by atoms with Crippen LogP contribution in [0.2, 0.25) is 0 Å². The second-order valence-electron chi connectivity index (χ2n) is 6.86. The summed E-state index contributed by atoms with van der Waals surface area (Å²) in [5, 5.41) is 2.96. The van der Waals surface area contributed by atoms with Crippen LogP contribution in [0.1, 0.15) is 23.6 Å². The fraction of sp³-hybridized carbons (Fsp3) is 0.200. The van der Waals surface area contributed by atoms with Crippen LogP contribution < -0.4 is 10.1 Å². The van der Waals surface area contributed by atoms with Crippen LogP contribution in [-0.4, -0.2) is 25.5 Å². The lowest BCUT2D eigenvalue weighted by molar-refractivity contribution is -0.163. The van der Waals surface area contributed by atoms with Crippen molar-refractivity contribution in [2.45, 2.75) is 18.9 Å². The van der Waals surface area contributed by atoms with Gasteiger partial charge in [0.1, 0.15) is 5.75 Å². The van der Waals surface area contributed by atoms with Crippen LogP contribution in [0.5, 0.6) is 5.75 Å². The van der Waals surface area contributed by atoms with E-state index in [1.165, 1.54) is 6.92 Å². The SMILES string of the molecule is COc1ccc(CCNC(=O)C(OC(C)=O)(c2ccccc2)c2ccccc2)cc1. The maximum absolute atomic E-state index is 13.5. The molecule has 0 heterocycles. The Kier molecular flexibility index (Phi) is 6.86. The number of hydrogen-bond acceptors (Lipinski definition) is 4. The first-order chi connectivity index (χ1) is 14.6. The average Bonchev–Trinajstić information content (AvgIpc) is 2.79. The van der Waals surface area contributed by atoms with Gasteiger partial charge in [-0.05, 0) is 24.1 Å². The lowest BCUT2D eigenvalue weighted by Crippen LogP contribution is -2.48. The van der Waals surface area contributed by atoms with E-state index in [1.54, 1.807) is 31.4 Å². The number of hydrogen-bond donors (Lipinski definition) is 1. The van der Waals surface area contributed by atoms with Gasteiger partial charge in [-0.25, -0.2) is 0 Å². The Bertz CT molecular complexity index is 930. The molecule has 5 nitrogen and oxygen atoms in total. The van der Waals surface area contributed by atoms with E-state index >= 15 is 0 Å². The highest BCUT2D eigenvalue weighted by Gasteiger charge is 2.45. The number of amides is 1. The lowest BCUT2D eigenvalue weighted by Gasteiger charge is -2.32. The standard InChI is InChI=1S/C25H25NO4/c1-19(27)30-25(21-9-5-3-6-10-21,22-11-7-4-8-12-22)24(28)26-18-17-20-13-15-23(29-2)16-14-20/h3-16H,17-18H2,1-2H3,(H,26,28). The second-order valence-corrected chi connectivity index (χ2v) is 6.86. The number of esters is 1. The zero-order chi connectivity index (χ0) is 21.4. The van der Waals surface area contributed by atoms with Crippen molar-refractivity contribution in [1.29, 1.82) is 0 Å². The largest absolute Gasteiger partial charge is 0.497 e. The van der Waals surface area contributed by atoms with Gasteiger partial charge in [-0.2, -0.15) is 0 Å². The van der Waals surface area contributed by atoms with E-state index in [2.05, 4.69) is 5.32 Å². The molecule has 1 amide bonds. The Hall–Kier alpha value is -3.60. The molecule has 30 heavy (non-hydrogen) atoms. The number of carbonyl (C=O) groups excluding carboxylic acids is 2. The van der Waals surface area contributed by atoms with E-state index in [4.69, 9.17) is 9.47 Å². The van der Waals surface area contributed by atoms with Crippen molar-refractivity contribution in [1.82, 2.24) is 5.32 Å². The number of carbonyl (C=O) groups is 2. The zero-order valence-corrected chi connectivity index (χ0v) is 17.1. The van der Waals surface area contributed by atoms with Gasteiger partial charge in [-0.15, -0.1) is 0 Å². The first kappa shape index (κ1) is 21.1. The van der Waals surface area contributed by atoms with Gasteiger partial charge in [-0.1, -0.05) is 72.8 Å². The molecular formula is C25H25NO4. The summed E-state index contributed by atoms with van der Waals surface area (Å²) in [6.07, 6.45) is 0.634. The fourth-order valence-corrected chi connectivity index (χ4v) is 3.39. The number of ether oxygens (including phenoxy) is 2. The minimum absolute atomic E-state index is 0.386. The Morgan fingerprint density at radius 3 is 1.83 bits per heavy atom. The highest BCUT2D eigenvalue weighted by molar-refractivity contribution is 5.92.